The van der Waals surface area contributed by atoms with Gasteiger partial charge in [0.1, 0.15) is 0 Å². The predicted molar refractivity (Wildman–Crippen MR) is 104 cm³/mol. The minimum Gasteiger partial charge on any atom is -0.489 e. The molecule has 0 aliphatic carbocycles. The summed E-state index contributed by atoms with van der Waals surface area (Å²) >= 11 is 6.22. The Hall–Kier alpha value is -3.26. The number of nitrogens with one attached hydrogen (secondary N) is 2. The molecular formula is C20H19ClN2O6. The molecule has 0 radical (unpaired) electrons. The first kappa shape index (κ1) is 20.5. The Morgan fingerprint density at radius 1 is 1.10 bits per heavy atom. The second kappa shape index (κ2) is 9.29. The number of hydrogen-bond acceptors (Lipinski definition) is 6. The van der Waals surface area contributed by atoms with E-state index in [4.69, 9.17) is 25.8 Å². The first-order valence-electron chi connectivity index (χ1n) is 8.87. The SMILES string of the molecule is CNC(=O)NC(=O)[C@H](OC(=O)c1cc(Cl)c2c(c1)OCCCO2)c1ccccc1. The number of ether oxygens (including phenoxy) is 3. The molecule has 0 bridgehead atoms. The van der Waals surface area contributed by atoms with Crippen LogP contribution < -0.4 is 20.1 Å². The van der Waals surface area contributed by atoms with Crippen LogP contribution in [0.3, 0.4) is 0 Å². The van der Waals surface area contributed by atoms with Gasteiger partial charge >= 0.3 is 12.0 Å². The van der Waals surface area contributed by atoms with Crippen LogP contribution in [0.2, 0.25) is 5.02 Å². The summed E-state index contributed by atoms with van der Waals surface area (Å²) < 4.78 is 16.5. The molecular weight excluding hydrogens is 400 g/mol. The maximum Gasteiger partial charge on any atom is 0.339 e. The number of carbonyl (C=O) groups excluding carboxylic acids is 3. The largest absolute Gasteiger partial charge is 0.489 e. The number of halogens is 1. The van der Waals surface area contributed by atoms with Gasteiger partial charge in [-0.05, 0) is 12.1 Å². The van der Waals surface area contributed by atoms with Crippen molar-refractivity contribution >= 4 is 29.5 Å². The fourth-order valence-electron chi connectivity index (χ4n) is 2.66. The third-order valence-electron chi connectivity index (χ3n) is 4.07. The fraction of sp³-hybridized carbons (Fsp3) is 0.250. The van der Waals surface area contributed by atoms with E-state index < -0.39 is 24.0 Å². The van der Waals surface area contributed by atoms with E-state index in [-0.39, 0.29) is 10.6 Å². The molecule has 2 aromatic rings. The van der Waals surface area contributed by atoms with Crippen molar-refractivity contribution in [2.75, 3.05) is 20.3 Å². The molecule has 0 aromatic heterocycles. The van der Waals surface area contributed by atoms with Crippen molar-refractivity contribution in [2.45, 2.75) is 12.5 Å². The molecule has 3 rings (SSSR count). The molecule has 1 aliphatic rings. The molecule has 2 N–H and O–H groups in total. The van der Waals surface area contributed by atoms with Crippen LogP contribution >= 0.6 is 11.6 Å². The van der Waals surface area contributed by atoms with Gasteiger partial charge < -0.3 is 19.5 Å². The van der Waals surface area contributed by atoms with Crippen molar-refractivity contribution in [1.82, 2.24) is 10.6 Å². The maximum absolute atomic E-state index is 12.8. The number of amides is 3. The summed E-state index contributed by atoms with van der Waals surface area (Å²) in [5.41, 5.74) is 0.496. The highest BCUT2D eigenvalue weighted by Crippen LogP contribution is 2.38. The smallest absolute Gasteiger partial charge is 0.339 e. The van der Waals surface area contributed by atoms with Gasteiger partial charge in [0.25, 0.3) is 5.91 Å². The van der Waals surface area contributed by atoms with Gasteiger partial charge in [-0.2, -0.15) is 0 Å². The van der Waals surface area contributed by atoms with Crippen LogP contribution in [0.1, 0.15) is 28.4 Å². The molecule has 152 valence electrons. The molecule has 8 nitrogen and oxygen atoms in total. The molecule has 1 heterocycles. The Kier molecular flexibility index (Phi) is 6.56. The van der Waals surface area contributed by atoms with Gasteiger partial charge in [0.2, 0.25) is 6.10 Å². The van der Waals surface area contributed by atoms with E-state index in [9.17, 15) is 14.4 Å². The predicted octanol–water partition coefficient (Wildman–Crippen LogP) is 2.86. The van der Waals surface area contributed by atoms with Gasteiger partial charge in [-0.3, -0.25) is 10.1 Å². The van der Waals surface area contributed by atoms with Gasteiger partial charge in [-0.25, -0.2) is 9.59 Å². The molecule has 0 unspecified atom stereocenters. The Labute approximate surface area is 172 Å². The van der Waals surface area contributed by atoms with E-state index in [1.165, 1.54) is 19.2 Å². The Morgan fingerprint density at radius 3 is 2.55 bits per heavy atom. The van der Waals surface area contributed by atoms with E-state index >= 15 is 0 Å². The van der Waals surface area contributed by atoms with Gasteiger partial charge in [-0.1, -0.05) is 41.9 Å². The molecule has 2 aromatic carbocycles. The lowest BCUT2D eigenvalue weighted by molar-refractivity contribution is -0.129. The topological polar surface area (TPSA) is 103 Å². The van der Waals surface area contributed by atoms with Gasteiger partial charge in [0.15, 0.2) is 11.5 Å². The lowest BCUT2D eigenvalue weighted by Crippen LogP contribution is -2.41. The third-order valence-corrected chi connectivity index (χ3v) is 4.35. The fourth-order valence-corrected chi connectivity index (χ4v) is 2.93. The van der Waals surface area contributed by atoms with Gasteiger partial charge in [0.05, 0.1) is 23.8 Å². The summed E-state index contributed by atoms with van der Waals surface area (Å²) in [5, 5.41) is 4.59. The van der Waals surface area contributed by atoms with E-state index in [0.717, 1.165) is 0 Å². The van der Waals surface area contributed by atoms with Crippen molar-refractivity contribution in [3.63, 3.8) is 0 Å². The first-order chi connectivity index (χ1) is 14.0. The van der Waals surface area contributed by atoms with Crippen LogP contribution in [0.4, 0.5) is 4.79 Å². The van der Waals surface area contributed by atoms with E-state index in [1.807, 2.05) is 0 Å². The van der Waals surface area contributed by atoms with Crippen LogP contribution in [0.25, 0.3) is 0 Å². The molecule has 0 spiro atoms. The quantitative estimate of drug-likeness (QED) is 0.740. The van der Waals surface area contributed by atoms with Gasteiger partial charge in [-0.15, -0.1) is 0 Å². The summed E-state index contributed by atoms with van der Waals surface area (Å²) in [6, 6.07) is 10.5. The molecule has 29 heavy (non-hydrogen) atoms. The first-order valence-corrected chi connectivity index (χ1v) is 9.25. The van der Waals surface area contributed by atoms with Crippen LogP contribution in [0.5, 0.6) is 11.5 Å². The third kappa shape index (κ3) is 4.97. The average molecular weight is 419 g/mol. The zero-order valence-electron chi connectivity index (χ0n) is 15.6. The highest BCUT2D eigenvalue weighted by molar-refractivity contribution is 6.32. The highest BCUT2D eigenvalue weighted by atomic mass is 35.5. The van der Waals surface area contributed by atoms with Crippen LogP contribution in [0, 0.1) is 0 Å². The summed E-state index contributed by atoms with van der Waals surface area (Å²) in [5.74, 6) is -0.904. The number of urea groups is 1. The Balaban J connectivity index is 1.86. The van der Waals surface area contributed by atoms with Crippen molar-refractivity contribution < 1.29 is 28.6 Å². The maximum atomic E-state index is 12.8. The number of rotatable bonds is 4. The molecule has 3 amide bonds. The Bertz CT molecular complexity index is 919. The zero-order chi connectivity index (χ0) is 20.8. The van der Waals surface area contributed by atoms with Crippen molar-refractivity contribution in [1.29, 1.82) is 0 Å². The summed E-state index contributed by atoms with van der Waals surface area (Å²) in [7, 11) is 1.37. The van der Waals surface area contributed by atoms with E-state index in [2.05, 4.69) is 10.6 Å². The molecule has 0 saturated heterocycles. The van der Waals surface area contributed by atoms with Gasteiger partial charge in [0, 0.05) is 19.0 Å². The molecule has 1 aliphatic heterocycles. The minimum absolute atomic E-state index is 0.0907. The molecule has 9 heteroatoms. The highest BCUT2D eigenvalue weighted by Gasteiger charge is 2.28. The van der Waals surface area contributed by atoms with E-state index in [1.54, 1.807) is 30.3 Å². The number of fused-ring (bicyclic) bond motifs is 1. The summed E-state index contributed by atoms with van der Waals surface area (Å²) in [6.45, 7) is 0.870. The number of hydrogen-bond donors (Lipinski definition) is 2. The van der Waals surface area contributed by atoms with Crippen molar-refractivity contribution in [3.05, 3.63) is 58.6 Å². The number of imide groups is 1. The summed E-state index contributed by atoms with van der Waals surface area (Å²) in [6.07, 6.45) is -0.656. The van der Waals surface area contributed by atoms with Crippen molar-refractivity contribution in [3.8, 4) is 11.5 Å². The second-order valence-electron chi connectivity index (χ2n) is 6.10. The number of carbonyl (C=O) groups is 3. The summed E-state index contributed by atoms with van der Waals surface area (Å²) in [4.78, 5) is 36.8. The lowest BCUT2D eigenvalue weighted by Gasteiger charge is -2.18. The van der Waals surface area contributed by atoms with Crippen molar-refractivity contribution in [2.24, 2.45) is 0 Å². The number of benzene rings is 2. The molecule has 0 fully saturated rings. The normalized spacial score (nSPS) is 13.6. The second-order valence-corrected chi connectivity index (χ2v) is 6.51. The van der Waals surface area contributed by atoms with Crippen LogP contribution in [-0.2, 0) is 9.53 Å². The monoisotopic (exact) mass is 418 g/mol. The molecule has 1 atom stereocenters. The van der Waals surface area contributed by atoms with E-state index in [0.29, 0.717) is 36.7 Å². The minimum atomic E-state index is -1.34. The standard InChI is InChI=1S/C20H19ClN2O6/c1-22-20(26)23-18(24)16(12-6-3-2-4-7-12)29-19(25)13-10-14(21)17-15(11-13)27-8-5-9-28-17/h2-4,6-7,10-11,16H,5,8-9H2,1H3,(H2,22,23,24,26)/t16-/m1/s1. The van der Waals surface area contributed by atoms with Crippen LogP contribution in [-0.4, -0.2) is 38.2 Å². The lowest BCUT2D eigenvalue weighted by atomic mass is 10.1. The average Bonchev–Trinajstić information content (AvgIpc) is 2.98. The van der Waals surface area contributed by atoms with Crippen LogP contribution in [0.15, 0.2) is 42.5 Å². The zero-order valence-corrected chi connectivity index (χ0v) is 16.3. The Morgan fingerprint density at radius 2 is 1.83 bits per heavy atom. The molecule has 0 saturated carbocycles. The number of esters is 1.